The lowest BCUT2D eigenvalue weighted by molar-refractivity contribution is 0.0864. The Morgan fingerprint density at radius 1 is 1.27 bits per heavy atom. The van der Waals surface area contributed by atoms with Crippen molar-refractivity contribution in [2.45, 2.75) is 24.3 Å². The number of halogens is 2. The van der Waals surface area contributed by atoms with Gasteiger partial charge < -0.3 is 25.0 Å². The first-order valence-corrected chi connectivity index (χ1v) is 11.5. The predicted octanol–water partition coefficient (Wildman–Crippen LogP) is 1.50. The van der Waals surface area contributed by atoms with Gasteiger partial charge >= 0.3 is 6.09 Å². The maximum atomic E-state index is 15.1. The lowest BCUT2D eigenvalue weighted by atomic mass is 9.94. The van der Waals surface area contributed by atoms with Gasteiger partial charge in [0.25, 0.3) is 5.91 Å². The zero-order valence-electron chi connectivity index (χ0n) is 17.9. The molecule has 1 fully saturated rings. The second-order valence-electron chi connectivity index (χ2n) is 7.87. The van der Waals surface area contributed by atoms with E-state index in [1.54, 1.807) is 0 Å². The predicted molar refractivity (Wildman–Crippen MR) is 113 cm³/mol. The topological polar surface area (TPSA) is 141 Å². The third-order valence-corrected chi connectivity index (χ3v) is 7.03. The summed E-state index contributed by atoms with van der Waals surface area (Å²) >= 11 is 0. The maximum Gasteiger partial charge on any atom is 0.407 e. The molecule has 4 N–H and O–H groups in total. The van der Waals surface area contributed by atoms with Crippen LogP contribution in [0.3, 0.4) is 0 Å². The summed E-state index contributed by atoms with van der Waals surface area (Å²) in [6.07, 6.45) is -0.151. The molecule has 0 aliphatic carbocycles. The summed E-state index contributed by atoms with van der Waals surface area (Å²) in [5.41, 5.74) is -0.0743. The molecule has 13 heteroatoms. The van der Waals surface area contributed by atoms with Crippen molar-refractivity contribution in [1.29, 1.82) is 0 Å². The number of aryl methyl sites for hydroxylation is 2. The van der Waals surface area contributed by atoms with Crippen molar-refractivity contribution < 1.29 is 37.0 Å². The third kappa shape index (κ3) is 5.15. The molecule has 0 radical (unpaired) electrons. The van der Waals surface area contributed by atoms with Gasteiger partial charge in [-0.15, -0.1) is 0 Å². The third-order valence-electron chi connectivity index (χ3n) is 5.55. The van der Waals surface area contributed by atoms with E-state index in [2.05, 4.69) is 10.0 Å². The molecule has 180 valence electrons. The number of carbonyl (C=O) groups excluding carboxylic acids is 1. The van der Waals surface area contributed by atoms with E-state index in [1.165, 1.54) is 26.1 Å². The summed E-state index contributed by atoms with van der Waals surface area (Å²) in [5.74, 6) is -3.40. The van der Waals surface area contributed by atoms with E-state index in [0.717, 1.165) is 21.7 Å². The number of sulfonamides is 1. The molecule has 2 amide bonds. The van der Waals surface area contributed by atoms with Crippen LogP contribution in [-0.4, -0.2) is 65.8 Å². The number of piperidine rings is 1. The Labute approximate surface area is 188 Å². The second-order valence-corrected chi connectivity index (χ2v) is 9.56. The van der Waals surface area contributed by atoms with E-state index in [4.69, 9.17) is 5.11 Å². The van der Waals surface area contributed by atoms with E-state index in [1.807, 2.05) is 0 Å². The Bertz CT molecular complexity index is 1180. The largest absolute Gasteiger partial charge is 0.465 e. The number of benzene rings is 1. The number of amides is 2. The van der Waals surface area contributed by atoms with Crippen molar-refractivity contribution in [3.8, 4) is 0 Å². The lowest BCUT2D eigenvalue weighted by Gasteiger charge is -2.36. The number of aliphatic hydroxyl groups is 1. The minimum absolute atomic E-state index is 0.0427. The van der Waals surface area contributed by atoms with Gasteiger partial charge in [0.15, 0.2) is 5.82 Å². The van der Waals surface area contributed by atoms with Crippen LogP contribution in [0.1, 0.15) is 22.5 Å². The molecule has 0 saturated carbocycles. The average molecular weight is 486 g/mol. The van der Waals surface area contributed by atoms with Gasteiger partial charge in [-0.3, -0.25) is 4.79 Å². The highest BCUT2D eigenvalue weighted by molar-refractivity contribution is 7.89. The molecule has 1 aromatic carbocycles. The number of nitrogens with zero attached hydrogens (tertiary/aromatic N) is 2. The Hall–Kier alpha value is -3.03. The first-order chi connectivity index (χ1) is 15.4. The van der Waals surface area contributed by atoms with Crippen LogP contribution in [0.2, 0.25) is 0 Å². The number of likely N-dealkylation sites (tertiary alicyclic amines) is 1. The molecule has 2 aromatic rings. The van der Waals surface area contributed by atoms with Gasteiger partial charge in [0.05, 0.1) is 0 Å². The molecule has 2 atom stereocenters. The number of anilines is 1. The van der Waals surface area contributed by atoms with Gasteiger partial charge in [0, 0.05) is 50.6 Å². The van der Waals surface area contributed by atoms with E-state index in [0.29, 0.717) is 0 Å². The van der Waals surface area contributed by atoms with Crippen LogP contribution in [0.5, 0.6) is 0 Å². The van der Waals surface area contributed by atoms with Gasteiger partial charge in [-0.05, 0) is 37.1 Å². The number of aliphatic hydroxyl groups excluding tert-OH is 1. The van der Waals surface area contributed by atoms with Crippen LogP contribution in [0, 0.1) is 24.5 Å². The normalized spacial score (nSPS) is 18.9. The number of hydrogen-bond acceptors (Lipinski definition) is 5. The highest BCUT2D eigenvalue weighted by Gasteiger charge is 2.36. The number of carbonyl (C=O) groups is 2. The molecule has 2 heterocycles. The summed E-state index contributed by atoms with van der Waals surface area (Å²) < 4.78 is 57.6. The average Bonchev–Trinajstić information content (AvgIpc) is 3.05. The molecular formula is C20H24F2N4O6S. The monoisotopic (exact) mass is 486 g/mol. The molecule has 1 aromatic heterocycles. The van der Waals surface area contributed by atoms with E-state index in [-0.39, 0.29) is 30.8 Å². The van der Waals surface area contributed by atoms with Crippen molar-refractivity contribution in [1.82, 2.24) is 14.2 Å². The van der Waals surface area contributed by atoms with E-state index >= 15 is 4.39 Å². The standard InChI is InChI=1S/C20H24F2N4O6S/c1-11-7-13(3-4-14(11)21)23-19(28)18-17(22)16(9-25(18)2)33(31,32)24-15-5-6-26(20(29)30)8-12(15)10-27/h3-4,7,9,12,15,24,27H,5-6,8,10H2,1-2H3,(H,23,28)(H,29,30). The van der Waals surface area contributed by atoms with Gasteiger partial charge in [-0.2, -0.15) is 0 Å². The van der Waals surface area contributed by atoms with E-state index in [9.17, 15) is 27.5 Å². The Balaban J connectivity index is 1.82. The SMILES string of the molecule is Cc1cc(NC(=O)c2c(F)c(S(=O)(=O)NC3CCN(C(=O)O)CC3CO)cn2C)ccc1F. The Kier molecular flexibility index (Phi) is 7.05. The van der Waals surface area contributed by atoms with Crippen molar-refractivity contribution in [3.05, 3.63) is 47.3 Å². The molecule has 3 rings (SSSR count). The minimum atomic E-state index is -4.44. The summed E-state index contributed by atoms with van der Waals surface area (Å²) in [6.45, 7) is 0.978. The zero-order valence-corrected chi connectivity index (χ0v) is 18.7. The van der Waals surface area contributed by atoms with Gasteiger partial charge in [0.2, 0.25) is 10.0 Å². The molecular weight excluding hydrogens is 462 g/mol. The molecule has 33 heavy (non-hydrogen) atoms. The molecule has 1 aliphatic heterocycles. The fourth-order valence-corrected chi connectivity index (χ4v) is 5.20. The van der Waals surface area contributed by atoms with Crippen LogP contribution in [-0.2, 0) is 17.1 Å². The van der Waals surface area contributed by atoms with Crippen LogP contribution in [0.25, 0.3) is 0 Å². The van der Waals surface area contributed by atoms with Crippen LogP contribution >= 0.6 is 0 Å². The fraction of sp³-hybridized carbons (Fsp3) is 0.400. The van der Waals surface area contributed by atoms with Crippen LogP contribution in [0.15, 0.2) is 29.3 Å². The van der Waals surface area contributed by atoms with Crippen molar-refractivity contribution in [2.75, 3.05) is 25.0 Å². The highest BCUT2D eigenvalue weighted by atomic mass is 32.2. The molecule has 1 aliphatic rings. The summed E-state index contributed by atoms with van der Waals surface area (Å²) in [7, 11) is -3.14. The molecule has 10 nitrogen and oxygen atoms in total. The lowest BCUT2D eigenvalue weighted by Crippen LogP contribution is -2.53. The first-order valence-electron chi connectivity index (χ1n) is 9.98. The fourth-order valence-electron chi connectivity index (χ4n) is 3.74. The van der Waals surface area contributed by atoms with Crippen LogP contribution in [0.4, 0.5) is 19.3 Å². The molecule has 2 unspecified atom stereocenters. The summed E-state index contributed by atoms with van der Waals surface area (Å²) in [4.78, 5) is 24.0. The summed E-state index contributed by atoms with van der Waals surface area (Å²) in [5, 5.41) is 21.1. The summed E-state index contributed by atoms with van der Waals surface area (Å²) in [6, 6.07) is 2.96. The zero-order chi connectivity index (χ0) is 24.5. The number of aromatic nitrogens is 1. The second kappa shape index (κ2) is 9.45. The number of hydrogen-bond donors (Lipinski definition) is 4. The van der Waals surface area contributed by atoms with Crippen molar-refractivity contribution >= 4 is 27.7 Å². The van der Waals surface area contributed by atoms with Crippen molar-refractivity contribution in [3.63, 3.8) is 0 Å². The maximum absolute atomic E-state index is 15.1. The van der Waals surface area contributed by atoms with Gasteiger partial charge in [0.1, 0.15) is 16.4 Å². The number of nitrogens with one attached hydrogen (secondary N) is 2. The number of carboxylic acid groups (broad SMARTS) is 1. The Morgan fingerprint density at radius 3 is 2.58 bits per heavy atom. The Morgan fingerprint density at radius 2 is 1.97 bits per heavy atom. The van der Waals surface area contributed by atoms with Gasteiger partial charge in [-0.1, -0.05) is 0 Å². The number of rotatable bonds is 6. The highest BCUT2D eigenvalue weighted by Crippen LogP contribution is 2.25. The molecule has 1 saturated heterocycles. The molecule has 0 bridgehead atoms. The first kappa shape index (κ1) is 24.6. The smallest absolute Gasteiger partial charge is 0.407 e. The van der Waals surface area contributed by atoms with Crippen molar-refractivity contribution in [2.24, 2.45) is 13.0 Å². The van der Waals surface area contributed by atoms with Gasteiger partial charge in [-0.25, -0.2) is 26.7 Å². The van der Waals surface area contributed by atoms with E-state index < -0.39 is 62.8 Å². The quantitative estimate of drug-likeness (QED) is 0.488. The minimum Gasteiger partial charge on any atom is -0.465 e. The van der Waals surface area contributed by atoms with Crippen LogP contribution < -0.4 is 10.0 Å². The molecule has 0 spiro atoms.